The van der Waals surface area contributed by atoms with E-state index in [4.69, 9.17) is 0 Å². The van der Waals surface area contributed by atoms with Gasteiger partial charge in [0.1, 0.15) is 12.7 Å². The summed E-state index contributed by atoms with van der Waals surface area (Å²) in [5.41, 5.74) is 0.791. The van der Waals surface area contributed by atoms with Crippen molar-refractivity contribution in [3.63, 3.8) is 0 Å². The molecule has 1 aliphatic rings. The first kappa shape index (κ1) is 13.8. The molecule has 1 saturated carbocycles. The summed E-state index contributed by atoms with van der Waals surface area (Å²) in [4.78, 5) is 16.6. The summed E-state index contributed by atoms with van der Waals surface area (Å²) in [5.74, 6) is 0.132. The highest BCUT2D eigenvalue weighted by Crippen LogP contribution is 2.43. The van der Waals surface area contributed by atoms with E-state index in [1.165, 1.54) is 6.33 Å². The van der Waals surface area contributed by atoms with Gasteiger partial charge in [-0.1, -0.05) is 36.8 Å². The van der Waals surface area contributed by atoms with Gasteiger partial charge in [0.15, 0.2) is 0 Å². The molecule has 1 N–H and O–H groups in total. The minimum absolute atomic E-state index is 0.0281. The lowest BCUT2D eigenvalue weighted by Gasteiger charge is -2.41. The van der Waals surface area contributed by atoms with Crippen LogP contribution in [0, 0.1) is 0 Å². The Morgan fingerprint density at radius 3 is 2.71 bits per heavy atom. The van der Waals surface area contributed by atoms with Crippen molar-refractivity contribution in [2.24, 2.45) is 0 Å². The Balaban J connectivity index is 1.69. The van der Waals surface area contributed by atoms with E-state index in [-0.39, 0.29) is 17.4 Å². The fourth-order valence-corrected chi connectivity index (χ4v) is 2.95. The van der Waals surface area contributed by atoms with Crippen LogP contribution in [0.25, 0.3) is 0 Å². The van der Waals surface area contributed by atoms with Gasteiger partial charge in [-0.05, 0) is 25.3 Å². The van der Waals surface area contributed by atoms with E-state index >= 15 is 0 Å². The van der Waals surface area contributed by atoms with Gasteiger partial charge in [-0.15, -0.1) is 0 Å². The third-order valence-electron chi connectivity index (χ3n) is 4.27. The quantitative estimate of drug-likeness (QED) is 0.912. The molecule has 21 heavy (non-hydrogen) atoms. The number of hydrogen-bond acceptors (Lipinski definition) is 3. The topological polar surface area (TPSA) is 59.8 Å². The molecule has 0 radical (unpaired) electrons. The van der Waals surface area contributed by atoms with Crippen LogP contribution in [0.2, 0.25) is 0 Å². The second kappa shape index (κ2) is 5.68. The predicted octanol–water partition coefficient (Wildman–Crippen LogP) is 1.90. The number of hydrogen-bond donors (Lipinski definition) is 1. The maximum Gasteiger partial charge on any atom is 0.230 e. The highest BCUT2D eigenvalue weighted by atomic mass is 16.2. The zero-order valence-electron chi connectivity index (χ0n) is 12.2. The molecule has 0 aliphatic heterocycles. The highest BCUT2D eigenvalue weighted by Gasteiger charge is 2.45. The molecule has 1 atom stereocenters. The molecule has 1 amide bonds. The van der Waals surface area contributed by atoms with Crippen molar-refractivity contribution >= 4 is 5.91 Å². The minimum atomic E-state index is -0.335. The van der Waals surface area contributed by atoms with Crippen molar-refractivity contribution in [3.8, 4) is 0 Å². The summed E-state index contributed by atoms with van der Waals surface area (Å²) in [6.45, 7) is 2.63. The van der Waals surface area contributed by atoms with Crippen LogP contribution >= 0.6 is 0 Å². The molecular formula is C16H20N4O. The van der Waals surface area contributed by atoms with Gasteiger partial charge in [0.25, 0.3) is 0 Å². The molecule has 0 spiro atoms. The molecule has 1 aromatic carbocycles. The van der Waals surface area contributed by atoms with E-state index < -0.39 is 0 Å². The van der Waals surface area contributed by atoms with E-state index in [2.05, 4.69) is 27.5 Å². The normalized spacial score (nSPS) is 17.8. The highest BCUT2D eigenvalue weighted by molar-refractivity contribution is 5.89. The first-order valence-corrected chi connectivity index (χ1v) is 7.40. The summed E-state index contributed by atoms with van der Waals surface area (Å²) < 4.78 is 1.74. The molecule has 1 heterocycles. The van der Waals surface area contributed by atoms with Gasteiger partial charge in [-0.3, -0.25) is 9.48 Å². The van der Waals surface area contributed by atoms with E-state index in [1.807, 2.05) is 25.1 Å². The van der Waals surface area contributed by atoms with Gasteiger partial charge < -0.3 is 5.32 Å². The Labute approximate surface area is 124 Å². The maximum absolute atomic E-state index is 12.7. The molecule has 1 aromatic heterocycles. The Bertz CT molecular complexity index is 590. The molecule has 3 rings (SSSR count). The molecule has 0 bridgehead atoms. The van der Waals surface area contributed by atoms with Crippen LogP contribution in [0.4, 0.5) is 0 Å². The van der Waals surface area contributed by atoms with E-state index in [9.17, 15) is 4.79 Å². The monoisotopic (exact) mass is 284 g/mol. The number of benzene rings is 1. The molecule has 110 valence electrons. The van der Waals surface area contributed by atoms with Crippen LogP contribution in [-0.2, 0) is 16.8 Å². The van der Waals surface area contributed by atoms with Crippen molar-refractivity contribution in [1.29, 1.82) is 0 Å². The van der Waals surface area contributed by atoms with E-state index in [1.54, 1.807) is 11.0 Å². The SMILES string of the molecule is CC(Cn1cncn1)NC(=O)C1(c2ccccc2)CCC1. The lowest BCUT2D eigenvalue weighted by atomic mass is 9.63. The Kier molecular flexibility index (Phi) is 3.73. The smallest absolute Gasteiger partial charge is 0.230 e. The van der Waals surface area contributed by atoms with Gasteiger partial charge in [0, 0.05) is 6.04 Å². The van der Waals surface area contributed by atoms with Gasteiger partial charge in [0.05, 0.1) is 12.0 Å². The first-order valence-electron chi connectivity index (χ1n) is 7.40. The lowest BCUT2D eigenvalue weighted by molar-refractivity contribution is -0.130. The number of carbonyl (C=O) groups excluding carboxylic acids is 1. The van der Waals surface area contributed by atoms with Crippen LogP contribution in [0.3, 0.4) is 0 Å². The van der Waals surface area contributed by atoms with Crippen molar-refractivity contribution in [2.45, 2.75) is 44.2 Å². The van der Waals surface area contributed by atoms with Crippen LogP contribution in [0.5, 0.6) is 0 Å². The van der Waals surface area contributed by atoms with Crippen molar-refractivity contribution in [3.05, 3.63) is 48.5 Å². The van der Waals surface area contributed by atoms with Gasteiger partial charge >= 0.3 is 0 Å². The number of nitrogens with one attached hydrogen (secondary N) is 1. The minimum Gasteiger partial charge on any atom is -0.351 e. The Morgan fingerprint density at radius 1 is 1.38 bits per heavy atom. The third-order valence-corrected chi connectivity index (χ3v) is 4.27. The second-order valence-corrected chi connectivity index (χ2v) is 5.79. The largest absolute Gasteiger partial charge is 0.351 e. The summed E-state index contributed by atoms with van der Waals surface area (Å²) in [7, 11) is 0. The van der Waals surface area contributed by atoms with Crippen molar-refractivity contribution in [2.75, 3.05) is 0 Å². The van der Waals surface area contributed by atoms with Crippen LogP contribution in [0.15, 0.2) is 43.0 Å². The number of aromatic nitrogens is 3. The number of rotatable bonds is 5. The van der Waals surface area contributed by atoms with Crippen molar-refractivity contribution < 1.29 is 4.79 Å². The summed E-state index contributed by atoms with van der Waals surface area (Å²) in [6.07, 6.45) is 6.14. The Hall–Kier alpha value is -2.17. The van der Waals surface area contributed by atoms with Gasteiger partial charge in [-0.2, -0.15) is 5.10 Å². The molecule has 1 unspecified atom stereocenters. The van der Waals surface area contributed by atoms with Gasteiger partial charge in [0.2, 0.25) is 5.91 Å². The molecular weight excluding hydrogens is 264 g/mol. The van der Waals surface area contributed by atoms with E-state index in [0.717, 1.165) is 24.8 Å². The molecule has 1 fully saturated rings. The fourth-order valence-electron chi connectivity index (χ4n) is 2.95. The van der Waals surface area contributed by atoms with E-state index in [0.29, 0.717) is 6.54 Å². The van der Waals surface area contributed by atoms with Crippen molar-refractivity contribution in [1.82, 2.24) is 20.1 Å². The van der Waals surface area contributed by atoms with Gasteiger partial charge in [-0.25, -0.2) is 4.98 Å². The molecule has 2 aromatic rings. The zero-order chi connectivity index (χ0) is 14.7. The van der Waals surface area contributed by atoms with Crippen LogP contribution in [0.1, 0.15) is 31.7 Å². The number of carbonyl (C=O) groups is 1. The number of amides is 1. The maximum atomic E-state index is 12.7. The first-order chi connectivity index (χ1) is 10.2. The Morgan fingerprint density at radius 2 is 2.14 bits per heavy atom. The summed E-state index contributed by atoms with van der Waals surface area (Å²) in [6, 6.07) is 10.1. The average molecular weight is 284 g/mol. The average Bonchev–Trinajstić information content (AvgIpc) is 2.91. The number of nitrogens with zero attached hydrogens (tertiary/aromatic N) is 3. The third kappa shape index (κ3) is 2.68. The molecule has 5 heteroatoms. The molecule has 0 saturated heterocycles. The molecule has 1 aliphatic carbocycles. The zero-order valence-corrected chi connectivity index (χ0v) is 12.2. The summed E-state index contributed by atoms with van der Waals surface area (Å²) >= 11 is 0. The lowest BCUT2D eigenvalue weighted by Crippen LogP contribution is -2.52. The standard InChI is InChI=1S/C16H20N4O/c1-13(10-20-12-17-11-18-20)19-15(21)16(8-5-9-16)14-6-3-2-4-7-14/h2-4,6-7,11-13H,5,8-10H2,1H3,(H,19,21). The second-order valence-electron chi connectivity index (χ2n) is 5.79. The summed E-state index contributed by atoms with van der Waals surface area (Å²) in [5, 5.41) is 7.20. The van der Waals surface area contributed by atoms with Crippen LogP contribution in [-0.4, -0.2) is 26.7 Å². The fraction of sp³-hybridized carbons (Fsp3) is 0.438. The molecule has 5 nitrogen and oxygen atoms in total. The predicted molar refractivity (Wildman–Crippen MR) is 79.6 cm³/mol. The van der Waals surface area contributed by atoms with Crippen LogP contribution < -0.4 is 5.32 Å².